The van der Waals surface area contributed by atoms with Gasteiger partial charge in [-0.3, -0.25) is 0 Å². The van der Waals surface area contributed by atoms with E-state index in [4.69, 9.17) is 20.8 Å². The molecule has 1 aromatic carbocycles. The Morgan fingerprint density at radius 1 is 1.04 bits per heavy atom. The zero-order chi connectivity index (χ0) is 17.7. The summed E-state index contributed by atoms with van der Waals surface area (Å²) in [5, 5.41) is 4.44. The molecule has 0 atom stereocenters. The second-order valence-electron chi connectivity index (χ2n) is 8.45. The molecular formula is C22H26ClNO2. The highest BCUT2D eigenvalue weighted by Crippen LogP contribution is 2.53. The molecule has 4 fully saturated rings. The highest BCUT2D eigenvalue weighted by molar-refractivity contribution is 6.32. The minimum Gasteiger partial charge on any atom is -0.495 e. The van der Waals surface area contributed by atoms with Crippen LogP contribution < -0.4 is 10.1 Å². The van der Waals surface area contributed by atoms with Crippen LogP contribution in [0.3, 0.4) is 0 Å². The third-order valence-electron chi connectivity index (χ3n) is 6.84. The smallest absolute Gasteiger partial charge is 0.137 e. The lowest BCUT2D eigenvalue weighted by Gasteiger charge is -2.54. The normalized spacial score (nSPS) is 32.2. The predicted molar refractivity (Wildman–Crippen MR) is 103 cm³/mol. The van der Waals surface area contributed by atoms with Crippen LogP contribution >= 0.6 is 11.6 Å². The molecule has 0 amide bonds. The van der Waals surface area contributed by atoms with Crippen molar-refractivity contribution in [2.24, 2.45) is 23.7 Å². The third-order valence-corrected chi connectivity index (χ3v) is 7.13. The lowest BCUT2D eigenvalue weighted by Crippen LogP contribution is -2.54. The summed E-state index contributed by atoms with van der Waals surface area (Å²) in [7, 11) is 1.63. The SMILES string of the molecule is COc1ccc(-c2ccc(CNC3C4CC5CC(C4)CC3C5)o2)cc1Cl. The fourth-order valence-corrected chi connectivity index (χ4v) is 6.18. The zero-order valence-corrected chi connectivity index (χ0v) is 16.0. The summed E-state index contributed by atoms with van der Waals surface area (Å²) in [5.74, 6) is 6.36. The molecule has 1 aromatic heterocycles. The van der Waals surface area contributed by atoms with Gasteiger partial charge in [0.05, 0.1) is 18.7 Å². The van der Waals surface area contributed by atoms with Gasteiger partial charge in [0.2, 0.25) is 0 Å². The van der Waals surface area contributed by atoms with Crippen LogP contribution in [0.15, 0.2) is 34.7 Å². The Morgan fingerprint density at radius 3 is 2.42 bits per heavy atom. The zero-order valence-electron chi connectivity index (χ0n) is 15.2. The summed E-state index contributed by atoms with van der Waals surface area (Å²) in [4.78, 5) is 0. The highest BCUT2D eigenvalue weighted by Gasteiger charge is 2.47. The molecule has 0 aliphatic heterocycles. The molecule has 26 heavy (non-hydrogen) atoms. The van der Waals surface area contributed by atoms with Gasteiger partial charge in [-0.2, -0.15) is 0 Å². The molecule has 4 aliphatic carbocycles. The largest absolute Gasteiger partial charge is 0.495 e. The molecule has 4 heteroatoms. The van der Waals surface area contributed by atoms with E-state index in [1.54, 1.807) is 7.11 Å². The van der Waals surface area contributed by atoms with E-state index >= 15 is 0 Å². The van der Waals surface area contributed by atoms with Crippen molar-refractivity contribution in [3.63, 3.8) is 0 Å². The molecule has 0 radical (unpaired) electrons. The first-order valence-corrected chi connectivity index (χ1v) is 10.2. The van der Waals surface area contributed by atoms with Gasteiger partial charge < -0.3 is 14.5 Å². The van der Waals surface area contributed by atoms with Gasteiger partial charge in [0.1, 0.15) is 17.3 Å². The topological polar surface area (TPSA) is 34.4 Å². The molecule has 1 N–H and O–H groups in total. The first kappa shape index (κ1) is 16.7. The Bertz CT molecular complexity index is 771. The number of rotatable bonds is 5. The molecule has 0 saturated heterocycles. The van der Waals surface area contributed by atoms with Crippen LogP contribution in [0, 0.1) is 23.7 Å². The number of furan rings is 1. The fraction of sp³-hybridized carbons (Fsp3) is 0.545. The number of hydrogen-bond donors (Lipinski definition) is 1. The number of ether oxygens (including phenoxy) is 1. The molecule has 1 heterocycles. The van der Waals surface area contributed by atoms with Gasteiger partial charge >= 0.3 is 0 Å². The van der Waals surface area contributed by atoms with Gasteiger partial charge in [-0.25, -0.2) is 0 Å². The summed E-state index contributed by atoms with van der Waals surface area (Å²) in [6, 6.07) is 10.6. The summed E-state index contributed by atoms with van der Waals surface area (Å²) in [6.45, 7) is 0.816. The van der Waals surface area contributed by atoms with Crippen LogP contribution in [0.4, 0.5) is 0 Å². The van der Waals surface area contributed by atoms with E-state index in [1.807, 2.05) is 24.3 Å². The summed E-state index contributed by atoms with van der Waals surface area (Å²) in [5.41, 5.74) is 0.983. The Hall–Kier alpha value is -1.45. The van der Waals surface area contributed by atoms with Crippen LogP contribution in [-0.2, 0) is 6.54 Å². The molecule has 6 rings (SSSR count). The lowest BCUT2D eigenvalue weighted by molar-refractivity contribution is -0.0147. The summed E-state index contributed by atoms with van der Waals surface area (Å²) < 4.78 is 11.3. The van der Waals surface area contributed by atoms with Gasteiger partial charge in [0.15, 0.2) is 0 Å². The molecule has 4 aliphatic rings. The first-order valence-electron chi connectivity index (χ1n) is 9.85. The Labute approximate surface area is 160 Å². The van der Waals surface area contributed by atoms with E-state index in [2.05, 4.69) is 11.4 Å². The van der Waals surface area contributed by atoms with Crippen LogP contribution in [0.5, 0.6) is 5.75 Å². The molecular weight excluding hydrogens is 346 g/mol. The Balaban J connectivity index is 1.26. The third kappa shape index (κ3) is 2.95. The molecule has 3 nitrogen and oxygen atoms in total. The van der Waals surface area contributed by atoms with Crippen molar-refractivity contribution >= 4 is 11.6 Å². The number of hydrogen-bond acceptors (Lipinski definition) is 3. The van der Waals surface area contributed by atoms with Crippen molar-refractivity contribution in [2.75, 3.05) is 7.11 Å². The average molecular weight is 372 g/mol. The maximum atomic E-state index is 6.24. The predicted octanol–water partition coefficient (Wildman–Crippen LogP) is 5.52. The number of nitrogens with one attached hydrogen (secondary N) is 1. The standard InChI is InChI=1S/C22H26ClNO2/c1-25-21-4-2-15(11-19(21)23)20-5-3-18(26-20)12-24-22-16-7-13-6-14(9-16)10-17(22)8-13/h2-5,11,13-14,16-17,22,24H,6-10,12H2,1H3. The second kappa shape index (κ2) is 6.61. The molecule has 0 unspecified atom stereocenters. The maximum absolute atomic E-state index is 6.24. The number of methoxy groups -OCH3 is 1. The van der Waals surface area contributed by atoms with E-state index in [0.717, 1.165) is 47.3 Å². The van der Waals surface area contributed by atoms with Gasteiger partial charge in [-0.05, 0) is 86.1 Å². The number of benzene rings is 1. The van der Waals surface area contributed by atoms with Crippen molar-refractivity contribution in [3.05, 3.63) is 41.1 Å². The molecule has 0 spiro atoms. The number of halogens is 1. The van der Waals surface area contributed by atoms with Crippen LogP contribution in [-0.4, -0.2) is 13.2 Å². The van der Waals surface area contributed by atoms with Crippen LogP contribution in [0.2, 0.25) is 5.02 Å². The van der Waals surface area contributed by atoms with Gasteiger partial charge in [0, 0.05) is 11.6 Å². The molecule has 2 aromatic rings. The van der Waals surface area contributed by atoms with Crippen molar-refractivity contribution in [2.45, 2.75) is 44.7 Å². The van der Waals surface area contributed by atoms with Gasteiger partial charge in [0.25, 0.3) is 0 Å². The molecule has 4 saturated carbocycles. The second-order valence-corrected chi connectivity index (χ2v) is 8.86. The first-order chi connectivity index (χ1) is 12.7. The van der Waals surface area contributed by atoms with Crippen molar-refractivity contribution in [1.29, 1.82) is 0 Å². The van der Waals surface area contributed by atoms with E-state index in [9.17, 15) is 0 Å². The van der Waals surface area contributed by atoms with Crippen LogP contribution in [0.1, 0.15) is 37.9 Å². The summed E-state index contributed by atoms with van der Waals surface area (Å²) in [6.07, 6.45) is 7.28. The van der Waals surface area contributed by atoms with Crippen LogP contribution in [0.25, 0.3) is 11.3 Å². The van der Waals surface area contributed by atoms with Gasteiger partial charge in [-0.15, -0.1) is 0 Å². The van der Waals surface area contributed by atoms with E-state index in [1.165, 1.54) is 32.1 Å². The minimum atomic E-state index is 0.606. The molecule has 4 bridgehead atoms. The quantitative estimate of drug-likeness (QED) is 0.751. The van der Waals surface area contributed by atoms with E-state index in [-0.39, 0.29) is 0 Å². The monoisotopic (exact) mass is 371 g/mol. The van der Waals surface area contributed by atoms with Crippen molar-refractivity contribution in [3.8, 4) is 17.1 Å². The minimum absolute atomic E-state index is 0.606. The molecule has 138 valence electrons. The lowest BCUT2D eigenvalue weighted by atomic mass is 9.54. The van der Waals surface area contributed by atoms with Gasteiger partial charge in [-0.1, -0.05) is 11.6 Å². The maximum Gasteiger partial charge on any atom is 0.137 e. The van der Waals surface area contributed by atoms with E-state index in [0.29, 0.717) is 16.8 Å². The van der Waals surface area contributed by atoms with E-state index < -0.39 is 0 Å². The Kier molecular flexibility index (Phi) is 4.25. The highest BCUT2D eigenvalue weighted by atomic mass is 35.5. The Morgan fingerprint density at radius 2 is 1.77 bits per heavy atom. The van der Waals surface area contributed by atoms with Crippen molar-refractivity contribution in [1.82, 2.24) is 5.32 Å². The summed E-state index contributed by atoms with van der Waals surface area (Å²) >= 11 is 6.24. The fourth-order valence-electron chi connectivity index (χ4n) is 5.92. The average Bonchev–Trinajstić information content (AvgIpc) is 3.09. The van der Waals surface area contributed by atoms with Crippen molar-refractivity contribution < 1.29 is 9.15 Å².